The van der Waals surface area contributed by atoms with E-state index in [0.29, 0.717) is 19.1 Å². The van der Waals surface area contributed by atoms with Gasteiger partial charge in [-0.05, 0) is 57.2 Å². The molecule has 1 aromatic rings. The molecule has 1 heterocycles. The number of hydrogen-bond acceptors (Lipinski definition) is 4. The summed E-state index contributed by atoms with van der Waals surface area (Å²) in [7, 11) is 0. The van der Waals surface area contributed by atoms with Gasteiger partial charge in [0.05, 0.1) is 12.6 Å². The fourth-order valence-corrected chi connectivity index (χ4v) is 3.40. The highest BCUT2D eigenvalue weighted by atomic mass is 16.5. The zero-order valence-electron chi connectivity index (χ0n) is 14.2. The maximum Gasteiger partial charge on any atom is 0.235 e. The molecule has 1 saturated carbocycles. The van der Waals surface area contributed by atoms with E-state index < -0.39 is 5.54 Å². The Kier molecular flexibility index (Phi) is 5.06. The van der Waals surface area contributed by atoms with Gasteiger partial charge in [0.2, 0.25) is 5.91 Å². The Morgan fingerprint density at radius 1 is 1.38 bits per heavy atom. The molecule has 1 amide bonds. The lowest BCUT2D eigenvalue weighted by Gasteiger charge is -2.27. The number of carbonyl (C=O) groups is 1. The first kappa shape index (κ1) is 16.8. The van der Waals surface area contributed by atoms with E-state index in [2.05, 4.69) is 16.3 Å². The van der Waals surface area contributed by atoms with Crippen LogP contribution in [0.15, 0.2) is 30.3 Å². The van der Waals surface area contributed by atoms with E-state index in [0.717, 1.165) is 38.0 Å². The number of ether oxygens (including phenoxy) is 1. The number of likely N-dealkylation sites (tertiary alicyclic amines) is 1. The van der Waals surface area contributed by atoms with Gasteiger partial charge in [0.25, 0.3) is 0 Å². The Hall–Kier alpha value is -2.06. The number of hydrogen-bond donors (Lipinski definition) is 1. The molecule has 0 spiro atoms. The van der Waals surface area contributed by atoms with Crippen LogP contribution in [-0.4, -0.2) is 42.1 Å². The molecule has 0 radical (unpaired) electrons. The third-order valence-electron chi connectivity index (χ3n) is 5.06. The molecule has 5 heteroatoms. The minimum absolute atomic E-state index is 0.0578. The molecule has 5 nitrogen and oxygen atoms in total. The lowest BCUT2D eigenvalue weighted by molar-refractivity contribution is -0.124. The molecular weight excluding hydrogens is 302 g/mol. The van der Waals surface area contributed by atoms with Gasteiger partial charge in [-0.15, -0.1) is 0 Å². The molecule has 1 aromatic carbocycles. The van der Waals surface area contributed by atoms with E-state index >= 15 is 0 Å². The van der Waals surface area contributed by atoms with Gasteiger partial charge >= 0.3 is 0 Å². The van der Waals surface area contributed by atoms with Crippen LogP contribution in [0.25, 0.3) is 0 Å². The Bertz CT molecular complexity index is 609. The number of carbonyl (C=O) groups excluding carboxylic acids is 1. The van der Waals surface area contributed by atoms with Gasteiger partial charge in [0, 0.05) is 6.04 Å². The summed E-state index contributed by atoms with van der Waals surface area (Å²) < 4.78 is 5.85. The van der Waals surface area contributed by atoms with Gasteiger partial charge in [-0.1, -0.05) is 18.2 Å². The number of nitrogens with zero attached hydrogens (tertiary/aromatic N) is 2. The van der Waals surface area contributed by atoms with E-state index in [1.807, 2.05) is 37.3 Å². The fraction of sp³-hybridized carbons (Fsp3) is 0.579. The SMILES string of the molecule is CC(C#N)(NC(=O)CN1CCCC1COc1ccccc1)C1CC1. The van der Waals surface area contributed by atoms with Crippen molar-refractivity contribution in [2.75, 3.05) is 19.7 Å². The second kappa shape index (κ2) is 7.23. The maximum absolute atomic E-state index is 12.4. The van der Waals surface area contributed by atoms with Gasteiger partial charge in [-0.2, -0.15) is 5.26 Å². The summed E-state index contributed by atoms with van der Waals surface area (Å²) in [5.74, 6) is 1.11. The standard InChI is InChI=1S/C19H25N3O2/c1-19(14-20,15-9-10-15)21-18(23)12-22-11-5-6-16(22)13-24-17-7-3-2-4-8-17/h2-4,7-8,15-16H,5-6,9-13H2,1H3,(H,21,23). The molecular formula is C19H25N3O2. The first-order valence-corrected chi connectivity index (χ1v) is 8.75. The number of nitrogens with one attached hydrogen (secondary N) is 1. The highest BCUT2D eigenvalue weighted by Gasteiger charge is 2.43. The molecule has 0 bridgehead atoms. The van der Waals surface area contributed by atoms with Crippen molar-refractivity contribution in [1.29, 1.82) is 5.26 Å². The molecule has 0 aromatic heterocycles. The summed E-state index contributed by atoms with van der Waals surface area (Å²) in [4.78, 5) is 14.6. The predicted molar refractivity (Wildman–Crippen MR) is 91.4 cm³/mol. The normalized spacial score (nSPS) is 23.2. The Balaban J connectivity index is 1.50. The average molecular weight is 327 g/mol. The van der Waals surface area contributed by atoms with Crippen molar-refractivity contribution < 1.29 is 9.53 Å². The molecule has 1 aliphatic carbocycles. The number of amides is 1. The molecule has 24 heavy (non-hydrogen) atoms. The minimum Gasteiger partial charge on any atom is -0.492 e. The van der Waals surface area contributed by atoms with Crippen LogP contribution in [0.2, 0.25) is 0 Å². The molecule has 1 N–H and O–H groups in total. The first-order valence-electron chi connectivity index (χ1n) is 8.75. The second-order valence-electron chi connectivity index (χ2n) is 7.03. The molecule has 3 rings (SSSR count). The molecule has 2 unspecified atom stereocenters. The van der Waals surface area contributed by atoms with E-state index in [4.69, 9.17) is 4.74 Å². The van der Waals surface area contributed by atoms with Gasteiger partial charge in [0.1, 0.15) is 17.9 Å². The molecule has 1 saturated heterocycles. The minimum atomic E-state index is -0.715. The van der Waals surface area contributed by atoms with E-state index in [9.17, 15) is 10.1 Å². The van der Waals surface area contributed by atoms with Crippen LogP contribution >= 0.6 is 0 Å². The average Bonchev–Trinajstić information content (AvgIpc) is 3.36. The van der Waals surface area contributed by atoms with Crippen molar-refractivity contribution in [2.24, 2.45) is 5.92 Å². The van der Waals surface area contributed by atoms with Crippen LogP contribution in [0, 0.1) is 17.2 Å². The summed E-state index contributed by atoms with van der Waals surface area (Å²) in [5.41, 5.74) is -0.715. The van der Waals surface area contributed by atoms with Crippen LogP contribution in [-0.2, 0) is 4.79 Å². The number of para-hydroxylation sites is 1. The molecule has 2 atom stereocenters. The summed E-state index contributed by atoms with van der Waals surface area (Å²) >= 11 is 0. The Morgan fingerprint density at radius 2 is 2.12 bits per heavy atom. The highest BCUT2D eigenvalue weighted by molar-refractivity contribution is 5.79. The Labute approximate surface area is 143 Å². The van der Waals surface area contributed by atoms with Gasteiger partial charge < -0.3 is 10.1 Å². The van der Waals surface area contributed by atoms with Crippen molar-refractivity contribution in [3.63, 3.8) is 0 Å². The topological polar surface area (TPSA) is 65.4 Å². The van der Waals surface area contributed by atoms with Gasteiger partial charge in [0.15, 0.2) is 0 Å². The molecule has 2 aliphatic rings. The zero-order chi connectivity index (χ0) is 17.0. The highest BCUT2D eigenvalue weighted by Crippen LogP contribution is 2.39. The van der Waals surface area contributed by atoms with Gasteiger partial charge in [-0.25, -0.2) is 0 Å². The number of nitriles is 1. The first-order chi connectivity index (χ1) is 11.6. The summed E-state index contributed by atoms with van der Waals surface area (Å²) in [6.07, 6.45) is 4.18. The monoisotopic (exact) mass is 327 g/mol. The fourth-order valence-electron chi connectivity index (χ4n) is 3.40. The Morgan fingerprint density at radius 3 is 2.79 bits per heavy atom. The van der Waals surface area contributed by atoms with Crippen molar-refractivity contribution in [2.45, 2.75) is 44.2 Å². The van der Waals surface area contributed by atoms with Crippen LogP contribution in [0.3, 0.4) is 0 Å². The molecule has 1 aliphatic heterocycles. The van der Waals surface area contributed by atoms with Crippen molar-refractivity contribution in [1.82, 2.24) is 10.2 Å². The maximum atomic E-state index is 12.4. The van der Waals surface area contributed by atoms with E-state index in [1.54, 1.807) is 0 Å². The third kappa shape index (κ3) is 4.07. The molecule has 128 valence electrons. The van der Waals surface area contributed by atoms with Crippen molar-refractivity contribution >= 4 is 5.91 Å². The lowest BCUT2D eigenvalue weighted by Crippen LogP contribution is -2.51. The van der Waals surface area contributed by atoms with Gasteiger partial charge in [-0.3, -0.25) is 9.69 Å². The largest absolute Gasteiger partial charge is 0.492 e. The van der Waals surface area contributed by atoms with Crippen LogP contribution < -0.4 is 10.1 Å². The number of benzene rings is 1. The second-order valence-corrected chi connectivity index (χ2v) is 7.03. The molecule has 2 fully saturated rings. The quantitative estimate of drug-likeness (QED) is 0.835. The third-order valence-corrected chi connectivity index (χ3v) is 5.06. The summed E-state index contributed by atoms with van der Waals surface area (Å²) in [6, 6.07) is 12.3. The summed E-state index contributed by atoms with van der Waals surface area (Å²) in [5, 5.41) is 12.3. The van der Waals surface area contributed by atoms with E-state index in [1.165, 1.54) is 0 Å². The summed E-state index contributed by atoms with van der Waals surface area (Å²) in [6.45, 7) is 3.67. The van der Waals surface area contributed by atoms with Crippen LogP contribution in [0.5, 0.6) is 5.75 Å². The lowest BCUT2D eigenvalue weighted by atomic mass is 9.98. The van der Waals surface area contributed by atoms with E-state index in [-0.39, 0.29) is 11.9 Å². The van der Waals surface area contributed by atoms with Crippen LogP contribution in [0.1, 0.15) is 32.6 Å². The number of rotatable bonds is 7. The smallest absolute Gasteiger partial charge is 0.235 e. The van der Waals surface area contributed by atoms with Crippen LogP contribution in [0.4, 0.5) is 0 Å². The van der Waals surface area contributed by atoms with Crippen molar-refractivity contribution in [3.8, 4) is 11.8 Å². The van der Waals surface area contributed by atoms with Crippen molar-refractivity contribution in [3.05, 3.63) is 30.3 Å². The zero-order valence-corrected chi connectivity index (χ0v) is 14.2. The predicted octanol–water partition coefficient (Wildman–Crippen LogP) is 2.34.